The SMILES string of the molecule is O=C(Nc1cc(F)ccc1Cl)c1cc2n(n1)CC(c1ccc(Br)cc1)OC2. The van der Waals surface area contributed by atoms with Crippen LogP contribution in [0.15, 0.2) is 53.0 Å². The predicted molar refractivity (Wildman–Crippen MR) is 103 cm³/mol. The fraction of sp³-hybridized carbons (Fsp3) is 0.158. The molecule has 138 valence electrons. The average Bonchev–Trinajstić information content (AvgIpc) is 3.09. The van der Waals surface area contributed by atoms with Crippen LogP contribution in [0.25, 0.3) is 0 Å². The van der Waals surface area contributed by atoms with E-state index in [0.29, 0.717) is 13.2 Å². The van der Waals surface area contributed by atoms with Gasteiger partial charge in [0.25, 0.3) is 5.91 Å². The van der Waals surface area contributed by atoms with Crippen molar-refractivity contribution in [1.29, 1.82) is 0 Å². The van der Waals surface area contributed by atoms with Crippen LogP contribution in [-0.2, 0) is 17.9 Å². The lowest BCUT2D eigenvalue weighted by Gasteiger charge is -2.24. The number of benzene rings is 2. The highest BCUT2D eigenvalue weighted by Gasteiger charge is 2.24. The maximum atomic E-state index is 13.4. The fourth-order valence-corrected chi connectivity index (χ4v) is 3.32. The largest absolute Gasteiger partial charge is 0.365 e. The summed E-state index contributed by atoms with van der Waals surface area (Å²) in [5, 5.41) is 7.22. The first-order valence-electron chi connectivity index (χ1n) is 8.20. The summed E-state index contributed by atoms with van der Waals surface area (Å²) < 4.78 is 22.0. The Hall–Kier alpha value is -2.22. The summed E-state index contributed by atoms with van der Waals surface area (Å²) in [6, 6.07) is 13.3. The van der Waals surface area contributed by atoms with Gasteiger partial charge < -0.3 is 10.1 Å². The highest BCUT2D eigenvalue weighted by Crippen LogP contribution is 2.28. The Labute approximate surface area is 168 Å². The second kappa shape index (κ2) is 7.42. The Bertz CT molecular complexity index is 1010. The first-order valence-corrected chi connectivity index (χ1v) is 9.37. The lowest BCUT2D eigenvalue weighted by Crippen LogP contribution is -2.22. The van der Waals surface area contributed by atoms with Crippen molar-refractivity contribution in [2.24, 2.45) is 0 Å². The summed E-state index contributed by atoms with van der Waals surface area (Å²) in [5.41, 5.74) is 2.28. The number of nitrogens with one attached hydrogen (secondary N) is 1. The van der Waals surface area contributed by atoms with Crippen molar-refractivity contribution in [2.75, 3.05) is 5.32 Å². The second-order valence-electron chi connectivity index (χ2n) is 6.13. The van der Waals surface area contributed by atoms with Gasteiger partial charge in [-0.25, -0.2) is 4.39 Å². The van der Waals surface area contributed by atoms with E-state index in [1.54, 1.807) is 10.7 Å². The lowest BCUT2D eigenvalue weighted by molar-refractivity contribution is -0.00119. The van der Waals surface area contributed by atoms with Crippen LogP contribution in [-0.4, -0.2) is 15.7 Å². The molecule has 1 aromatic heterocycles. The lowest BCUT2D eigenvalue weighted by atomic mass is 10.1. The molecule has 0 spiro atoms. The molecule has 4 rings (SSSR count). The number of carbonyl (C=O) groups is 1. The van der Waals surface area contributed by atoms with Crippen molar-refractivity contribution in [3.8, 4) is 0 Å². The molecule has 1 unspecified atom stereocenters. The number of halogens is 3. The molecule has 2 heterocycles. The molecule has 0 aliphatic carbocycles. The van der Waals surface area contributed by atoms with Gasteiger partial charge in [0, 0.05) is 4.47 Å². The van der Waals surface area contributed by atoms with E-state index in [4.69, 9.17) is 16.3 Å². The van der Waals surface area contributed by atoms with E-state index in [2.05, 4.69) is 26.3 Å². The zero-order valence-corrected chi connectivity index (χ0v) is 16.3. The highest BCUT2D eigenvalue weighted by molar-refractivity contribution is 9.10. The molecule has 2 aromatic carbocycles. The number of hydrogen-bond acceptors (Lipinski definition) is 3. The third kappa shape index (κ3) is 3.90. The predicted octanol–water partition coefficient (Wildman–Crippen LogP) is 4.96. The molecule has 27 heavy (non-hydrogen) atoms. The van der Waals surface area contributed by atoms with Gasteiger partial charge in [-0.15, -0.1) is 0 Å². The van der Waals surface area contributed by atoms with Gasteiger partial charge in [0.15, 0.2) is 5.69 Å². The molecule has 0 saturated heterocycles. The van der Waals surface area contributed by atoms with Crippen LogP contribution in [0.3, 0.4) is 0 Å². The number of nitrogens with zero attached hydrogens (tertiary/aromatic N) is 2. The van der Waals surface area contributed by atoms with Crippen LogP contribution in [0.1, 0.15) is 27.8 Å². The van der Waals surface area contributed by atoms with Gasteiger partial charge >= 0.3 is 0 Å². The Kier molecular flexibility index (Phi) is 4.99. The molecule has 1 aliphatic rings. The molecule has 1 amide bonds. The van der Waals surface area contributed by atoms with Gasteiger partial charge in [0.2, 0.25) is 0 Å². The van der Waals surface area contributed by atoms with Crippen LogP contribution < -0.4 is 5.32 Å². The van der Waals surface area contributed by atoms with Crippen LogP contribution in [0.2, 0.25) is 5.02 Å². The Morgan fingerprint density at radius 3 is 2.81 bits per heavy atom. The minimum Gasteiger partial charge on any atom is -0.365 e. The Morgan fingerprint density at radius 2 is 2.04 bits per heavy atom. The summed E-state index contributed by atoms with van der Waals surface area (Å²) >= 11 is 9.41. The number of ether oxygens (including phenoxy) is 1. The Balaban J connectivity index is 1.52. The van der Waals surface area contributed by atoms with Gasteiger partial charge in [0.1, 0.15) is 11.9 Å². The van der Waals surface area contributed by atoms with E-state index in [9.17, 15) is 9.18 Å². The minimum absolute atomic E-state index is 0.140. The van der Waals surface area contributed by atoms with E-state index in [0.717, 1.165) is 15.7 Å². The van der Waals surface area contributed by atoms with Crippen molar-refractivity contribution >= 4 is 39.1 Å². The number of amides is 1. The average molecular weight is 451 g/mol. The van der Waals surface area contributed by atoms with Gasteiger partial charge in [-0.05, 0) is 42.0 Å². The fourth-order valence-electron chi connectivity index (χ4n) is 2.90. The topological polar surface area (TPSA) is 56.2 Å². The molecule has 0 saturated carbocycles. The van der Waals surface area contributed by atoms with Crippen LogP contribution in [0.4, 0.5) is 10.1 Å². The summed E-state index contributed by atoms with van der Waals surface area (Å²) in [4.78, 5) is 12.5. The molecular weight excluding hydrogens is 437 g/mol. The van der Waals surface area contributed by atoms with E-state index >= 15 is 0 Å². The van der Waals surface area contributed by atoms with Crippen molar-refractivity contribution in [3.05, 3.63) is 80.8 Å². The molecular formula is C19H14BrClFN3O2. The maximum Gasteiger partial charge on any atom is 0.276 e. The highest BCUT2D eigenvalue weighted by atomic mass is 79.9. The summed E-state index contributed by atoms with van der Waals surface area (Å²) in [6.45, 7) is 0.854. The molecule has 1 N–H and O–H groups in total. The van der Waals surface area contributed by atoms with Crippen LogP contribution in [0.5, 0.6) is 0 Å². The number of aromatic nitrogens is 2. The number of anilines is 1. The van der Waals surface area contributed by atoms with Gasteiger partial charge in [-0.3, -0.25) is 9.48 Å². The van der Waals surface area contributed by atoms with Crippen LogP contribution >= 0.6 is 27.5 Å². The quantitative estimate of drug-likeness (QED) is 0.613. The molecule has 3 aromatic rings. The van der Waals surface area contributed by atoms with Crippen molar-refractivity contribution in [3.63, 3.8) is 0 Å². The third-order valence-electron chi connectivity index (χ3n) is 4.29. The number of carbonyl (C=O) groups excluding carboxylic acids is 1. The first-order chi connectivity index (χ1) is 13.0. The van der Waals surface area contributed by atoms with E-state index in [1.165, 1.54) is 18.2 Å². The van der Waals surface area contributed by atoms with Crippen molar-refractivity contribution in [1.82, 2.24) is 9.78 Å². The smallest absolute Gasteiger partial charge is 0.276 e. The maximum absolute atomic E-state index is 13.4. The van der Waals surface area contributed by atoms with E-state index < -0.39 is 11.7 Å². The number of fused-ring (bicyclic) bond motifs is 1. The first kappa shape index (κ1) is 18.2. The molecule has 0 bridgehead atoms. The molecule has 1 aliphatic heterocycles. The molecule has 0 radical (unpaired) electrons. The van der Waals surface area contributed by atoms with Crippen LogP contribution in [0, 0.1) is 5.82 Å². The van der Waals surface area contributed by atoms with Gasteiger partial charge in [-0.1, -0.05) is 39.7 Å². The third-order valence-corrected chi connectivity index (χ3v) is 5.14. The normalized spacial score (nSPS) is 16.0. The van der Waals surface area contributed by atoms with Crippen molar-refractivity contribution < 1.29 is 13.9 Å². The summed E-state index contributed by atoms with van der Waals surface area (Å²) in [5.74, 6) is -0.936. The monoisotopic (exact) mass is 449 g/mol. The van der Waals surface area contributed by atoms with Gasteiger partial charge in [0.05, 0.1) is 29.6 Å². The molecule has 8 heteroatoms. The Morgan fingerprint density at radius 1 is 1.26 bits per heavy atom. The van der Waals surface area contributed by atoms with Gasteiger partial charge in [-0.2, -0.15) is 5.10 Å². The molecule has 5 nitrogen and oxygen atoms in total. The standard InChI is InChI=1S/C19H14BrClFN3O2/c20-12-3-1-11(2-4-12)18-9-25-14(10-27-18)8-17(24-25)19(26)23-16-7-13(22)5-6-15(16)21/h1-8,18H,9-10H2,(H,23,26). The summed E-state index contributed by atoms with van der Waals surface area (Å²) in [6.07, 6.45) is -0.140. The zero-order valence-electron chi connectivity index (χ0n) is 14.0. The molecule has 1 atom stereocenters. The second-order valence-corrected chi connectivity index (χ2v) is 7.46. The molecule has 0 fully saturated rings. The van der Waals surface area contributed by atoms with E-state index in [-0.39, 0.29) is 22.5 Å². The van der Waals surface area contributed by atoms with Crippen molar-refractivity contribution in [2.45, 2.75) is 19.3 Å². The minimum atomic E-state index is -0.482. The number of hydrogen-bond donors (Lipinski definition) is 1. The zero-order chi connectivity index (χ0) is 19.0. The number of rotatable bonds is 3. The summed E-state index contributed by atoms with van der Waals surface area (Å²) in [7, 11) is 0. The van der Waals surface area contributed by atoms with E-state index in [1.807, 2.05) is 24.3 Å².